The van der Waals surface area contributed by atoms with Gasteiger partial charge in [0.25, 0.3) is 0 Å². The number of morpholine rings is 1. The number of nitrogens with zero attached hydrogens (tertiary/aromatic N) is 2. The van der Waals surface area contributed by atoms with E-state index in [1.165, 1.54) is 11.1 Å². The average molecular weight is 314 g/mol. The molecule has 2 heterocycles. The maximum absolute atomic E-state index is 5.83. The summed E-state index contributed by atoms with van der Waals surface area (Å²) in [5.41, 5.74) is 3.86. The van der Waals surface area contributed by atoms with Crippen LogP contribution >= 0.6 is 0 Å². The quantitative estimate of drug-likeness (QED) is 0.859. The number of hydrogen-bond acceptors (Lipinski definition) is 4. The van der Waals surface area contributed by atoms with E-state index < -0.39 is 0 Å². The zero-order valence-electron chi connectivity index (χ0n) is 14.0. The largest absolute Gasteiger partial charge is 0.373 e. The maximum Gasteiger partial charge on any atom is 0.0678 e. The van der Waals surface area contributed by atoms with Gasteiger partial charge in [-0.15, -0.1) is 0 Å². The molecule has 1 fully saturated rings. The first kappa shape index (κ1) is 16.2. The summed E-state index contributed by atoms with van der Waals surface area (Å²) >= 11 is 0. The van der Waals surface area contributed by atoms with Gasteiger partial charge in [0.2, 0.25) is 0 Å². The van der Waals surface area contributed by atoms with E-state index in [1.54, 1.807) is 6.20 Å². The van der Waals surface area contributed by atoms with Crippen LogP contribution in [0.4, 0.5) is 0 Å². The molecule has 5 nitrogen and oxygen atoms in total. The highest BCUT2D eigenvalue weighted by atomic mass is 16.5. The molecule has 0 saturated carbocycles. The van der Waals surface area contributed by atoms with Crippen LogP contribution in [0.3, 0.4) is 0 Å². The third-order valence-corrected chi connectivity index (χ3v) is 4.20. The Morgan fingerprint density at radius 1 is 1.13 bits per heavy atom. The highest BCUT2D eigenvalue weighted by molar-refractivity contribution is 5.27. The van der Waals surface area contributed by atoms with Gasteiger partial charge in [-0.2, -0.15) is 5.10 Å². The molecule has 2 N–H and O–H groups in total. The first-order chi connectivity index (χ1) is 11.2. The van der Waals surface area contributed by atoms with Crippen LogP contribution in [-0.4, -0.2) is 40.4 Å². The summed E-state index contributed by atoms with van der Waals surface area (Å²) in [5.74, 6) is 0. The molecular weight excluding hydrogens is 288 g/mol. The molecule has 0 amide bonds. The Bertz CT molecular complexity index is 589. The van der Waals surface area contributed by atoms with Crippen molar-refractivity contribution in [3.63, 3.8) is 0 Å². The lowest BCUT2D eigenvalue weighted by atomic mass is 10.1. The molecule has 1 aromatic carbocycles. The number of nitrogens with one attached hydrogen (secondary N) is 2. The molecule has 0 aliphatic carbocycles. The van der Waals surface area contributed by atoms with Crippen LogP contribution in [0.1, 0.15) is 30.7 Å². The number of ether oxygens (including phenoxy) is 1. The zero-order valence-corrected chi connectivity index (χ0v) is 14.0. The van der Waals surface area contributed by atoms with Crippen LogP contribution in [0.5, 0.6) is 0 Å². The zero-order chi connectivity index (χ0) is 16.1. The van der Waals surface area contributed by atoms with Crippen molar-refractivity contribution in [2.24, 2.45) is 0 Å². The van der Waals surface area contributed by atoms with Crippen molar-refractivity contribution in [3.05, 3.63) is 53.3 Å². The maximum atomic E-state index is 5.83. The summed E-state index contributed by atoms with van der Waals surface area (Å²) < 4.78 is 5.83. The van der Waals surface area contributed by atoms with Gasteiger partial charge in [-0.05, 0) is 31.0 Å². The SMILES string of the molecule is C[C@@H]1CN(Cc2ccccc2CNCc2ccn[nH]2)C[C@H](C)O1. The minimum atomic E-state index is 0.310. The van der Waals surface area contributed by atoms with E-state index in [9.17, 15) is 0 Å². The number of aromatic amines is 1. The predicted octanol–water partition coefficient (Wildman–Crippen LogP) is 2.31. The van der Waals surface area contributed by atoms with E-state index in [0.29, 0.717) is 12.2 Å². The minimum Gasteiger partial charge on any atom is -0.373 e. The van der Waals surface area contributed by atoms with Crippen LogP contribution in [0.15, 0.2) is 36.5 Å². The van der Waals surface area contributed by atoms with E-state index >= 15 is 0 Å². The molecule has 2 aromatic rings. The third-order valence-electron chi connectivity index (χ3n) is 4.20. The van der Waals surface area contributed by atoms with Crippen LogP contribution in [-0.2, 0) is 24.4 Å². The Kier molecular flexibility index (Phi) is 5.43. The van der Waals surface area contributed by atoms with Crippen molar-refractivity contribution in [3.8, 4) is 0 Å². The molecule has 1 aliphatic rings. The van der Waals surface area contributed by atoms with Crippen molar-refractivity contribution in [1.29, 1.82) is 0 Å². The van der Waals surface area contributed by atoms with Crippen LogP contribution in [0.2, 0.25) is 0 Å². The topological polar surface area (TPSA) is 53.2 Å². The summed E-state index contributed by atoms with van der Waals surface area (Å²) in [6, 6.07) is 10.7. The Labute approximate surface area is 138 Å². The summed E-state index contributed by atoms with van der Waals surface area (Å²) in [5, 5.41) is 10.4. The Morgan fingerprint density at radius 2 is 1.87 bits per heavy atom. The summed E-state index contributed by atoms with van der Waals surface area (Å²) in [6.45, 7) is 8.96. The second-order valence-electron chi connectivity index (χ2n) is 6.41. The van der Waals surface area contributed by atoms with Crippen LogP contribution in [0, 0.1) is 0 Å². The summed E-state index contributed by atoms with van der Waals surface area (Å²) in [7, 11) is 0. The van der Waals surface area contributed by atoms with Gasteiger partial charge in [-0.3, -0.25) is 10.00 Å². The Morgan fingerprint density at radius 3 is 2.57 bits per heavy atom. The second-order valence-corrected chi connectivity index (χ2v) is 6.41. The van der Waals surface area contributed by atoms with Crippen molar-refractivity contribution in [1.82, 2.24) is 20.4 Å². The fourth-order valence-electron chi connectivity index (χ4n) is 3.25. The molecule has 1 aromatic heterocycles. The minimum absolute atomic E-state index is 0.310. The molecule has 5 heteroatoms. The van der Waals surface area contributed by atoms with Crippen molar-refractivity contribution < 1.29 is 4.74 Å². The average Bonchev–Trinajstić information content (AvgIpc) is 3.01. The van der Waals surface area contributed by atoms with Gasteiger partial charge in [0.15, 0.2) is 0 Å². The van der Waals surface area contributed by atoms with Crippen molar-refractivity contribution in [2.45, 2.75) is 45.7 Å². The van der Waals surface area contributed by atoms with Gasteiger partial charge in [0, 0.05) is 44.6 Å². The first-order valence-corrected chi connectivity index (χ1v) is 8.34. The number of benzene rings is 1. The lowest BCUT2D eigenvalue weighted by Crippen LogP contribution is -2.45. The third kappa shape index (κ3) is 4.64. The standard InChI is InChI=1S/C18H26N4O/c1-14-11-22(12-15(2)23-14)13-17-6-4-3-5-16(17)9-19-10-18-7-8-20-21-18/h3-8,14-15,19H,9-13H2,1-2H3,(H,20,21)/t14-,15+. The molecule has 0 radical (unpaired) electrons. The highest BCUT2D eigenvalue weighted by Gasteiger charge is 2.22. The predicted molar refractivity (Wildman–Crippen MR) is 90.9 cm³/mol. The van der Waals surface area contributed by atoms with E-state index in [4.69, 9.17) is 4.74 Å². The molecule has 0 spiro atoms. The van der Waals surface area contributed by atoms with Crippen molar-refractivity contribution >= 4 is 0 Å². The first-order valence-electron chi connectivity index (χ1n) is 8.34. The molecule has 0 unspecified atom stereocenters. The Balaban J connectivity index is 1.58. The van der Waals surface area contributed by atoms with E-state index in [-0.39, 0.29) is 0 Å². The number of H-pyrrole nitrogens is 1. The summed E-state index contributed by atoms with van der Waals surface area (Å²) in [6.07, 6.45) is 2.40. The highest BCUT2D eigenvalue weighted by Crippen LogP contribution is 2.17. The fourth-order valence-corrected chi connectivity index (χ4v) is 3.25. The van der Waals surface area contributed by atoms with E-state index in [2.05, 4.69) is 58.5 Å². The normalized spacial score (nSPS) is 22.3. The van der Waals surface area contributed by atoms with Gasteiger partial charge in [-0.1, -0.05) is 24.3 Å². The van der Waals surface area contributed by atoms with Gasteiger partial charge in [-0.25, -0.2) is 0 Å². The van der Waals surface area contributed by atoms with Crippen LogP contribution < -0.4 is 5.32 Å². The molecule has 2 atom stereocenters. The van der Waals surface area contributed by atoms with E-state index in [0.717, 1.165) is 38.4 Å². The lowest BCUT2D eigenvalue weighted by Gasteiger charge is -2.35. The molecule has 0 bridgehead atoms. The van der Waals surface area contributed by atoms with Gasteiger partial charge in [0.05, 0.1) is 12.2 Å². The lowest BCUT2D eigenvalue weighted by molar-refractivity contribution is -0.0705. The Hall–Kier alpha value is -1.69. The number of rotatable bonds is 6. The van der Waals surface area contributed by atoms with Gasteiger partial charge in [0.1, 0.15) is 0 Å². The van der Waals surface area contributed by atoms with Crippen LogP contribution in [0.25, 0.3) is 0 Å². The van der Waals surface area contributed by atoms with E-state index in [1.807, 2.05) is 6.07 Å². The monoisotopic (exact) mass is 314 g/mol. The van der Waals surface area contributed by atoms with Gasteiger partial charge >= 0.3 is 0 Å². The fraction of sp³-hybridized carbons (Fsp3) is 0.500. The summed E-state index contributed by atoms with van der Waals surface area (Å²) in [4.78, 5) is 2.49. The molecule has 23 heavy (non-hydrogen) atoms. The van der Waals surface area contributed by atoms with Gasteiger partial charge < -0.3 is 10.1 Å². The molecule has 3 rings (SSSR count). The molecule has 124 valence electrons. The number of aromatic nitrogens is 2. The molecule has 1 aliphatic heterocycles. The second kappa shape index (κ2) is 7.73. The smallest absolute Gasteiger partial charge is 0.0678 e. The number of hydrogen-bond donors (Lipinski definition) is 2. The molecular formula is C18H26N4O. The van der Waals surface area contributed by atoms with Crippen molar-refractivity contribution in [2.75, 3.05) is 13.1 Å². The molecule has 1 saturated heterocycles.